The van der Waals surface area contributed by atoms with E-state index >= 15 is 0 Å². The fraction of sp³-hybridized carbons (Fsp3) is 0.217. The van der Waals surface area contributed by atoms with Crippen molar-refractivity contribution in [3.63, 3.8) is 0 Å². The SMILES string of the molecule is CCc1ccc(-c2csc(NC(=O)CCn3cnc4c(C)cccc4c3=O)n2)cc1. The van der Waals surface area contributed by atoms with Gasteiger partial charge in [0, 0.05) is 23.9 Å². The van der Waals surface area contributed by atoms with E-state index in [-0.39, 0.29) is 24.4 Å². The number of nitrogens with one attached hydrogen (secondary N) is 1. The molecular weight excluding hydrogens is 396 g/mol. The van der Waals surface area contributed by atoms with Gasteiger partial charge < -0.3 is 5.32 Å². The zero-order valence-electron chi connectivity index (χ0n) is 16.9. The minimum absolute atomic E-state index is 0.136. The molecule has 0 unspecified atom stereocenters. The summed E-state index contributed by atoms with van der Waals surface area (Å²) in [6.07, 6.45) is 2.67. The van der Waals surface area contributed by atoms with Crippen molar-refractivity contribution >= 4 is 33.3 Å². The van der Waals surface area contributed by atoms with Crippen LogP contribution in [0.2, 0.25) is 0 Å². The first-order chi connectivity index (χ1) is 14.5. The molecule has 0 saturated carbocycles. The minimum Gasteiger partial charge on any atom is -0.302 e. The third-order valence-corrected chi connectivity index (χ3v) is 5.80. The van der Waals surface area contributed by atoms with Crippen molar-refractivity contribution in [1.29, 1.82) is 0 Å². The zero-order valence-corrected chi connectivity index (χ0v) is 17.7. The maximum atomic E-state index is 12.6. The van der Waals surface area contributed by atoms with Gasteiger partial charge in [-0.25, -0.2) is 9.97 Å². The second-order valence-corrected chi connectivity index (χ2v) is 7.96. The average molecular weight is 419 g/mol. The van der Waals surface area contributed by atoms with Gasteiger partial charge in [-0.15, -0.1) is 11.3 Å². The van der Waals surface area contributed by atoms with Crippen molar-refractivity contribution in [1.82, 2.24) is 14.5 Å². The van der Waals surface area contributed by atoms with Gasteiger partial charge in [0.2, 0.25) is 5.91 Å². The van der Waals surface area contributed by atoms with E-state index in [1.807, 2.05) is 36.6 Å². The van der Waals surface area contributed by atoms with Gasteiger partial charge in [0.1, 0.15) is 0 Å². The Bertz CT molecular complexity index is 1260. The molecule has 30 heavy (non-hydrogen) atoms. The summed E-state index contributed by atoms with van der Waals surface area (Å²) >= 11 is 1.39. The van der Waals surface area contributed by atoms with E-state index in [9.17, 15) is 9.59 Å². The smallest absolute Gasteiger partial charge is 0.261 e. The molecule has 7 heteroatoms. The number of benzene rings is 2. The number of hydrogen-bond donors (Lipinski definition) is 1. The summed E-state index contributed by atoms with van der Waals surface area (Å²) in [4.78, 5) is 33.9. The van der Waals surface area contributed by atoms with Gasteiger partial charge in [0.15, 0.2) is 5.13 Å². The number of fused-ring (bicyclic) bond motifs is 1. The lowest BCUT2D eigenvalue weighted by Gasteiger charge is -2.07. The lowest BCUT2D eigenvalue weighted by molar-refractivity contribution is -0.116. The Labute approximate surface area is 178 Å². The Hall–Kier alpha value is -3.32. The molecule has 0 atom stereocenters. The van der Waals surface area contributed by atoms with Crippen LogP contribution in [0.3, 0.4) is 0 Å². The maximum Gasteiger partial charge on any atom is 0.261 e. The van der Waals surface area contributed by atoms with E-state index in [0.29, 0.717) is 16.0 Å². The molecule has 0 saturated heterocycles. The van der Waals surface area contributed by atoms with Crippen LogP contribution in [0.25, 0.3) is 22.2 Å². The highest BCUT2D eigenvalue weighted by Crippen LogP contribution is 2.25. The standard InChI is InChI=1S/C23H22N4O2S/c1-3-16-7-9-17(10-8-16)19-13-30-23(25-19)26-20(28)11-12-27-14-24-21-15(2)5-4-6-18(21)22(27)29/h4-10,13-14H,3,11-12H2,1-2H3,(H,25,26,28). The average Bonchev–Trinajstić information content (AvgIpc) is 3.22. The summed E-state index contributed by atoms with van der Waals surface area (Å²) in [5.74, 6) is -0.187. The van der Waals surface area contributed by atoms with E-state index in [2.05, 4.69) is 34.3 Å². The molecule has 1 N–H and O–H groups in total. The Morgan fingerprint density at radius 2 is 1.97 bits per heavy atom. The van der Waals surface area contributed by atoms with Crippen molar-refractivity contribution in [3.05, 3.63) is 75.7 Å². The van der Waals surface area contributed by atoms with Gasteiger partial charge in [-0.2, -0.15) is 0 Å². The number of carbonyl (C=O) groups excluding carboxylic acids is 1. The molecule has 2 aromatic heterocycles. The van der Waals surface area contributed by atoms with Gasteiger partial charge >= 0.3 is 0 Å². The normalized spacial score (nSPS) is 11.0. The molecule has 4 aromatic rings. The minimum atomic E-state index is -0.187. The largest absolute Gasteiger partial charge is 0.302 e. The van der Waals surface area contributed by atoms with Crippen LogP contribution in [-0.4, -0.2) is 20.4 Å². The molecule has 0 bridgehead atoms. The summed E-state index contributed by atoms with van der Waals surface area (Å²) in [5.41, 5.74) is 4.65. The van der Waals surface area contributed by atoms with E-state index in [1.54, 1.807) is 6.07 Å². The van der Waals surface area contributed by atoms with Crippen LogP contribution in [0.15, 0.2) is 59.0 Å². The second kappa shape index (κ2) is 8.59. The fourth-order valence-corrected chi connectivity index (χ4v) is 4.01. The molecule has 6 nitrogen and oxygen atoms in total. The summed E-state index contributed by atoms with van der Waals surface area (Å²) in [7, 11) is 0. The van der Waals surface area contributed by atoms with Gasteiger partial charge in [-0.1, -0.05) is 43.3 Å². The van der Waals surface area contributed by atoms with Crippen LogP contribution < -0.4 is 10.9 Å². The Kier molecular flexibility index (Phi) is 5.72. The molecule has 4 rings (SSSR count). The summed E-state index contributed by atoms with van der Waals surface area (Å²) < 4.78 is 1.48. The summed E-state index contributed by atoms with van der Waals surface area (Å²) in [6.45, 7) is 4.31. The quantitative estimate of drug-likeness (QED) is 0.503. The molecule has 0 spiro atoms. The third-order valence-electron chi connectivity index (χ3n) is 5.04. The first-order valence-corrected chi connectivity index (χ1v) is 10.7. The number of hydrogen-bond acceptors (Lipinski definition) is 5. The van der Waals surface area contributed by atoms with Gasteiger partial charge in [-0.3, -0.25) is 14.2 Å². The molecular formula is C23H22N4O2S. The predicted molar refractivity (Wildman–Crippen MR) is 121 cm³/mol. The zero-order chi connectivity index (χ0) is 21.1. The van der Waals surface area contributed by atoms with Crippen molar-refractivity contribution in [2.75, 3.05) is 5.32 Å². The number of nitrogens with zero attached hydrogens (tertiary/aromatic N) is 3. The first-order valence-electron chi connectivity index (χ1n) is 9.84. The molecule has 0 fully saturated rings. The number of aryl methyl sites for hydroxylation is 3. The van der Waals surface area contributed by atoms with Crippen LogP contribution >= 0.6 is 11.3 Å². The second-order valence-electron chi connectivity index (χ2n) is 7.10. The number of thiazole rings is 1. The van der Waals surface area contributed by atoms with E-state index in [4.69, 9.17) is 0 Å². The third kappa shape index (κ3) is 4.16. The maximum absolute atomic E-state index is 12.6. The van der Waals surface area contributed by atoms with E-state index in [0.717, 1.165) is 23.2 Å². The lowest BCUT2D eigenvalue weighted by Crippen LogP contribution is -2.23. The highest BCUT2D eigenvalue weighted by molar-refractivity contribution is 7.14. The molecule has 1 amide bonds. The number of amides is 1. The van der Waals surface area contributed by atoms with E-state index in [1.165, 1.54) is 27.8 Å². The number of rotatable bonds is 6. The summed E-state index contributed by atoms with van der Waals surface area (Å²) in [6, 6.07) is 13.8. The molecule has 2 heterocycles. The molecule has 0 radical (unpaired) electrons. The highest BCUT2D eigenvalue weighted by atomic mass is 32.1. The molecule has 0 aliphatic heterocycles. The summed E-state index contributed by atoms with van der Waals surface area (Å²) in [5, 5.41) is 5.87. The fourth-order valence-electron chi connectivity index (χ4n) is 3.28. The predicted octanol–water partition coefficient (Wildman–Crippen LogP) is 4.42. The van der Waals surface area contributed by atoms with Crippen molar-refractivity contribution in [2.45, 2.75) is 33.2 Å². The van der Waals surface area contributed by atoms with Crippen molar-refractivity contribution in [3.8, 4) is 11.3 Å². The van der Waals surface area contributed by atoms with Crippen LogP contribution in [0.4, 0.5) is 5.13 Å². The number of aromatic nitrogens is 3. The molecule has 152 valence electrons. The molecule has 0 aliphatic carbocycles. The topological polar surface area (TPSA) is 76.9 Å². The Morgan fingerprint density at radius 1 is 1.17 bits per heavy atom. The van der Waals surface area contributed by atoms with Crippen molar-refractivity contribution in [2.24, 2.45) is 0 Å². The molecule has 2 aromatic carbocycles. The monoisotopic (exact) mass is 418 g/mol. The first kappa shape index (κ1) is 20.0. The number of carbonyl (C=O) groups is 1. The Morgan fingerprint density at radius 3 is 2.73 bits per heavy atom. The lowest BCUT2D eigenvalue weighted by atomic mass is 10.1. The van der Waals surface area contributed by atoms with Gasteiger partial charge in [0.05, 0.1) is 22.9 Å². The van der Waals surface area contributed by atoms with Crippen LogP contribution in [-0.2, 0) is 17.8 Å². The highest BCUT2D eigenvalue weighted by Gasteiger charge is 2.10. The molecule has 0 aliphatic rings. The van der Waals surface area contributed by atoms with E-state index < -0.39 is 0 Å². The number of anilines is 1. The van der Waals surface area contributed by atoms with Crippen molar-refractivity contribution < 1.29 is 4.79 Å². The van der Waals surface area contributed by atoms with Crippen LogP contribution in [0.1, 0.15) is 24.5 Å². The van der Waals surface area contributed by atoms with Gasteiger partial charge in [0.25, 0.3) is 5.56 Å². The van der Waals surface area contributed by atoms with Crippen LogP contribution in [0.5, 0.6) is 0 Å². The number of para-hydroxylation sites is 1. The van der Waals surface area contributed by atoms with Crippen LogP contribution in [0, 0.1) is 6.92 Å². The van der Waals surface area contributed by atoms with Gasteiger partial charge in [-0.05, 0) is 30.5 Å². The Balaban J connectivity index is 1.41.